The second kappa shape index (κ2) is 6.65. The van der Waals surface area contributed by atoms with Gasteiger partial charge < -0.3 is 13.4 Å². The molecule has 40 valence electrons. The van der Waals surface area contributed by atoms with E-state index in [9.17, 15) is 4.79 Å². The van der Waals surface area contributed by atoms with E-state index in [0.29, 0.717) is 0 Å². The van der Waals surface area contributed by atoms with Crippen molar-refractivity contribution in [2.24, 2.45) is 11.6 Å². The molecule has 0 aromatic carbocycles. The van der Waals surface area contributed by atoms with Crippen molar-refractivity contribution < 1.29 is 12.5 Å². The van der Waals surface area contributed by atoms with Crippen molar-refractivity contribution in [1.29, 1.82) is 0 Å². The number of hydrogen-bond acceptors (Lipinski definition) is 4. The Hall–Kier alpha value is 0.650. The zero-order valence-electron chi connectivity index (χ0n) is 5.89. The predicted octanol–water partition coefficient (Wildman–Crippen LogP) is -1.79. The molecule has 0 aliphatic rings. The van der Waals surface area contributed by atoms with Crippen molar-refractivity contribution in [2.75, 3.05) is 6.54 Å². The van der Waals surface area contributed by atoms with Crippen molar-refractivity contribution in [2.45, 2.75) is 0 Å². The molecule has 0 aliphatic carbocycles. The van der Waals surface area contributed by atoms with E-state index in [1.807, 2.05) is 0 Å². The maximum absolute atomic E-state index is 9.71. The van der Waals surface area contributed by atoms with Gasteiger partial charge in [0.25, 0.3) is 0 Å². The fourth-order valence-electron chi connectivity index (χ4n) is 0.0481. The van der Waals surface area contributed by atoms with Gasteiger partial charge in [-0.15, -0.1) is 0 Å². The summed E-state index contributed by atoms with van der Waals surface area (Å²) >= 11 is 0. The van der Waals surface area contributed by atoms with Crippen LogP contribution in [0.15, 0.2) is 0 Å². The maximum atomic E-state index is 9.71. The van der Waals surface area contributed by atoms with Crippen LogP contribution in [0, 0.1) is 0 Å². The topological polar surface area (TPSA) is 78.3 Å². The molecule has 0 bridgehead atoms. The van der Waals surface area contributed by atoms with Crippen molar-refractivity contribution in [3.8, 4) is 0 Å². The third kappa shape index (κ3) is 6.65. The Kier molecular flexibility index (Phi) is 10.1. The van der Waals surface area contributed by atoms with E-state index in [0.717, 1.165) is 0 Å². The van der Waals surface area contributed by atoms with E-state index < -0.39 is 5.97 Å². The Morgan fingerprint density at radius 1 is 1.86 bits per heavy atom. The summed E-state index contributed by atoms with van der Waals surface area (Å²) in [5.74, 6) is 3.75. The van der Waals surface area contributed by atoms with Gasteiger partial charge in [-0.1, -0.05) is 0 Å². The predicted molar refractivity (Wildman–Crippen MR) is 27.3 cm³/mol. The normalized spacial score (nSPS) is 6.57. The first-order chi connectivity index (χ1) is 2.81. The molecule has 0 radical (unpaired) electrons. The van der Waals surface area contributed by atoms with Crippen LogP contribution in [0.25, 0.3) is 0 Å². The third-order valence-electron chi connectivity index (χ3n) is 0.298. The zero-order valence-corrected chi connectivity index (χ0v) is 6.09. The summed E-state index contributed by atoms with van der Waals surface area (Å²) in [7, 11) is 0. The van der Waals surface area contributed by atoms with E-state index in [4.69, 9.17) is 5.73 Å². The molecule has 5 heteroatoms. The fraction of sp³-hybridized carbons (Fsp3) is 0.500. The molecule has 0 saturated heterocycles. The molecule has 0 aliphatic heterocycles. The molecule has 0 aromatic rings. The zero-order chi connectivity index (χ0) is 4.99. The molecule has 0 fully saturated rings. The van der Waals surface area contributed by atoms with Gasteiger partial charge in [0, 0.05) is 0 Å². The van der Waals surface area contributed by atoms with Crippen LogP contribution in [-0.4, -0.2) is 50.3 Å². The molecule has 0 heterocycles. The van der Waals surface area contributed by atoms with Gasteiger partial charge in [-0.25, -0.2) is 4.79 Å². The minimum Gasteiger partial charge on any atom is -1.00 e. The van der Waals surface area contributed by atoms with Crippen molar-refractivity contribution in [3.63, 3.8) is 0 Å². The second-order valence-electron chi connectivity index (χ2n) is 0.694. The second-order valence-corrected chi connectivity index (χ2v) is 0.694. The molecule has 0 saturated carbocycles. The molecule has 0 atom stereocenters. The summed E-state index contributed by atoms with van der Waals surface area (Å²) in [6, 6.07) is 0. The summed E-state index contributed by atoms with van der Waals surface area (Å²) in [6.07, 6.45) is 0. The minimum atomic E-state index is -0.602. The van der Waals surface area contributed by atoms with Gasteiger partial charge in [0.1, 0.15) is 0 Å². The fourth-order valence-corrected chi connectivity index (χ4v) is 0.0481. The van der Waals surface area contributed by atoms with Crippen molar-refractivity contribution in [3.05, 3.63) is 0 Å². The monoisotopic (exact) mass is 132 g/mol. The van der Waals surface area contributed by atoms with Crippen LogP contribution >= 0.6 is 0 Å². The molecular weight excluding hydrogens is 124 g/mol. The Bertz CT molecular complexity index is 58.5. The SMILES string of the molecule is NCC(=O)ON.[Ca+2].[H-].[H-]. The van der Waals surface area contributed by atoms with Crippen LogP contribution in [0.2, 0.25) is 0 Å². The molecular formula is C2H8CaN2O2. The first-order valence-corrected chi connectivity index (χ1v) is 1.41. The van der Waals surface area contributed by atoms with Gasteiger partial charge in [-0.05, 0) is 0 Å². The van der Waals surface area contributed by atoms with Gasteiger partial charge in [0.15, 0.2) is 0 Å². The smallest absolute Gasteiger partial charge is 1.00 e. The number of nitrogens with two attached hydrogens (primary N) is 2. The van der Waals surface area contributed by atoms with Crippen LogP contribution in [0.4, 0.5) is 0 Å². The van der Waals surface area contributed by atoms with E-state index in [-0.39, 0.29) is 47.1 Å². The van der Waals surface area contributed by atoms with E-state index >= 15 is 0 Å². The summed E-state index contributed by atoms with van der Waals surface area (Å²) in [5.41, 5.74) is 4.73. The quantitative estimate of drug-likeness (QED) is 0.326. The van der Waals surface area contributed by atoms with Crippen LogP contribution in [0.3, 0.4) is 0 Å². The average Bonchev–Trinajstić information content (AvgIpc) is 1.65. The standard InChI is InChI=1S/C2H6N2O2.Ca.2H/c3-1-2(5)6-4;;;/h1,3-4H2;;;/q;+2;2*-1. The molecule has 0 amide bonds. The van der Waals surface area contributed by atoms with Crippen molar-refractivity contribution >= 4 is 43.7 Å². The van der Waals surface area contributed by atoms with Crippen LogP contribution in [-0.2, 0) is 9.63 Å². The van der Waals surface area contributed by atoms with Crippen LogP contribution in [0.1, 0.15) is 2.85 Å². The average molecular weight is 132 g/mol. The van der Waals surface area contributed by atoms with Gasteiger partial charge >= 0.3 is 43.7 Å². The van der Waals surface area contributed by atoms with E-state index in [1.165, 1.54) is 0 Å². The summed E-state index contributed by atoms with van der Waals surface area (Å²) < 4.78 is 0. The summed E-state index contributed by atoms with van der Waals surface area (Å²) in [4.78, 5) is 13.3. The minimum absolute atomic E-state index is 0. The van der Waals surface area contributed by atoms with Gasteiger partial charge in [-0.3, -0.25) is 0 Å². The Morgan fingerprint density at radius 3 is 2.29 bits per heavy atom. The van der Waals surface area contributed by atoms with Gasteiger partial charge in [0.05, 0.1) is 6.54 Å². The molecule has 4 nitrogen and oxygen atoms in total. The Morgan fingerprint density at radius 2 is 2.29 bits per heavy atom. The first kappa shape index (κ1) is 10.6. The largest absolute Gasteiger partial charge is 2.00 e. The van der Waals surface area contributed by atoms with E-state index in [1.54, 1.807) is 0 Å². The Labute approximate surface area is 74.1 Å². The van der Waals surface area contributed by atoms with Gasteiger partial charge in [-0.2, -0.15) is 5.90 Å². The third-order valence-corrected chi connectivity index (χ3v) is 0.298. The number of hydrogen-bond donors (Lipinski definition) is 2. The maximum Gasteiger partial charge on any atom is 2.00 e. The van der Waals surface area contributed by atoms with Crippen LogP contribution in [0.5, 0.6) is 0 Å². The number of rotatable bonds is 1. The van der Waals surface area contributed by atoms with Crippen molar-refractivity contribution in [1.82, 2.24) is 0 Å². The summed E-state index contributed by atoms with van der Waals surface area (Å²) in [6.45, 7) is -0.156. The molecule has 0 unspecified atom stereocenters. The Balaban J connectivity index is -0.0000000417. The van der Waals surface area contributed by atoms with Crippen LogP contribution < -0.4 is 11.6 Å². The molecule has 0 spiro atoms. The number of carbonyl (C=O) groups excluding carboxylic acids is 1. The summed E-state index contributed by atoms with van der Waals surface area (Å²) in [5, 5.41) is 0. The van der Waals surface area contributed by atoms with E-state index in [2.05, 4.69) is 10.7 Å². The molecule has 0 aromatic heterocycles. The molecule has 7 heavy (non-hydrogen) atoms. The molecule has 0 rings (SSSR count). The molecule has 4 N–H and O–H groups in total. The number of carbonyl (C=O) groups is 1. The van der Waals surface area contributed by atoms with Gasteiger partial charge in [0.2, 0.25) is 0 Å². The first-order valence-electron chi connectivity index (χ1n) is 1.41.